The van der Waals surface area contributed by atoms with Crippen LogP contribution in [0.5, 0.6) is 5.75 Å². The van der Waals surface area contributed by atoms with Gasteiger partial charge in [-0.3, -0.25) is 0 Å². The van der Waals surface area contributed by atoms with Gasteiger partial charge in [0.05, 0.1) is 23.4 Å². The molecule has 0 amide bonds. The van der Waals surface area contributed by atoms with E-state index >= 15 is 0 Å². The summed E-state index contributed by atoms with van der Waals surface area (Å²) in [6, 6.07) is 12.6. The summed E-state index contributed by atoms with van der Waals surface area (Å²) in [5, 5.41) is 5.37. The topological polar surface area (TPSA) is 83.5 Å². The highest BCUT2D eigenvalue weighted by Gasteiger charge is 2.22. The van der Waals surface area contributed by atoms with Gasteiger partial charge in [0, 0.05) is 17.0 Å². The third-order valence-corrected chi connectivity index (χ3v) is 6.10. The van der Waals surface area contributed by atoms with Gasteiger partial charge in [-0.15, -0.1) is 0 Å². The summed E-state index contributed by atoms with van der Waals surface area (Å²) in [6.45, 7) is 1.92. The molecule has 0 spiro atoms. The number of benzene rings is 2. The highest BCUT2D eigenvalue weighted by molar-refractivity contribution is 7.89. The molecule has 140 valence electrons. The number of ether oxygens (including phenoxy) is 1. The third kappa shape index (κ3) is 3.30. The molecule has 0 bridgehead atoms. The molecule has 1 heterocycles. The van der Waals surface area contributed by atoms with Gasteiger partial charge < -0.3 is 9.72 Å². The van der Waals surface area contributed by atoms with Crippen molar-refractivity contribution in [2.24, 2.45) is 5.10 Å². The van der Waals surface area contributed by atoms with E-state index in [0.29, 0.717) is 6.42 Å². The second-order valence-corrected chi connectivity index (χ2v) is 8.37. The van der Waals surface area contributed by atoms with Gasteiger partial charge in [0.25, 0.3) is 10.0 Å². The number of hydrogen-bond donors (Lipinski definition) is 2. The molecule has 4 rings (SSSR count). The number of sulfonamides is 1. The molecule has 0 saturated carbocycles. The molecular weight excluding hydrogens is 362 g/mol. The van der Waals surface area contributed by atoms with E-state index in [1.807, 2.05) is 25.1 Å². The lowest BCUT2D eigenvalue weighted by Crippen LogP contribution is -2.22. The van der Waals surface area contributed by atoms with E-state index in [-0.39, 0.29) is 4.90 Å². The standard InChI is InChI=1S/C20H21N3O3S/c1-13-6-9-15(10-7-13)27(24,25)23-22-18-5-3-4-17-16-11-8-14(26-2)12-19(16)21-20(17)18/h6-12,21,23H,3-5H2,1-2H3/b22-18-. The molecular formula is C20H21N3O3S. The van der Waals surface area contributed by atoms with E-state index in [2.05, 4.69) is 14.9 Å². The Morgan fingerprint density at radius 2 is 1.89 bits per heavy atom. The minimum absolute atomic E-state index is 0.204. The van der Waals surface area contributed by atoms with Crippen LogP contribution in [-0.2, 0) is 16.4 Å². The third-order valence-electron chi connectivity index (χ3n) is 4.87. The SMILES string of the molecule is COc1ccc2c3c([nH]c2c1)/C(=N\NS(=O)(=O)c1ccc(C)cc1)CCC3. The van der Waals surface area contributed by atoms with Crippen LogP contribution in [0.2, 0.25) is 0 Å². The van der Waals surface area contributed by atoms with Gasteiger partial charge in [-0.2, -0.15) is 18.4 Å². The van der Waals surface area contributed by atoms with Crippen molar-refractivity contribution in [3.05, 3.63) is 59.3 Å². The number of hydrogen-bond acceptors (Lipinski definition) is 4. The van der Waals surface area contributed by atoms with Crippen molar-refractivity contribution in [2.75, 3.05) is 7.11 Å². The number of rotatable bonds is 4. The van der Waals surface area contributed by atoms with Gasteiger partial charge in [-0.25, -0.2) is 0 Å². The molecule has 7 heteroatoms. The van der Waals surface area contributed by atoms with E-state index in [9.17, 15) is 8.42 Å². The van der Waals surface area contributed by atoms with Crippen molar-refractivity contribution in [1.29, 1.82) is 0 Å². The van der Waals surface area contributed by atoms with Crippen LogP contribution in [0.4, 0.5) is 0 Å². The molecule has 2 N–H and O–H groups in total. The van der Waals surface area contributed by atoms with Crippen LogP contribution < -0.4 is 9.57 Å². The Hall–Kier alpha value is -2.80. The van der Waals surface area contributed by atoms with E-state index < -0.39 is 10.0 Å². The number of aromatic nitrogens is 1. The molecule has 0 atom stereocenters. The van der Waals surface area contributed by atoms with Crippen LogP contribution in [0.3, 0.4) is 0 Å². The summed E-state index contributed by atoms with van der Waals surface area (Å²) in [7, 11) is -2.06. The van der Waals surface area contributed by atoms with Gasteiger partial charge in [-0.05, 0) is 56.0 Å². The Labute approximate surface area is 158 Å². The van der Waals surface area contributed by atoms with Gasteiger partial charge in [0.1, 0.15) is 5.75 Å². The lowest BCUT2D eigenvalue weighted by molar-refractivity contribution is 0.415. The fraction of sp³-hybridized carbons (Fsp3) is 0.250. The molecule has 0 fully saturated rings. The summed E-state index contributed by atoms with van der Waals surface area (Å²) in [5.41, 5.74) is 4.77. The minimum Gasteiger partial charge on any atom is -0.497 e. The van der Waals surface area contributed by atoms with Crippen LogP contribution in [0.15, 0.2) is 52.5 Å². The maximum Gasteiger partial charge on any atom is 0.276 e. The number of nitrogens with one attached hydrogen (secondary N) is 2. The molecule has 1 aromatic heterocycles. The molecule has 0 radical (unpaired) electrons. The molecule has 0 unspecified atom stereocenters. The molecule has 3 aromatic rings. The van der Waals surface area contributed by atoms with Crippen LogP contribution in [-0.4, -0.2) is 26.2 Å². The summed E-state index contributed by atoms with van der Waals surface area (Å²) in [6.07, 6.45) is 2.58. The van der Waals surface area contributed by atoms with Crippen molar-refractivity contribution in [3.8, 4) is 5.75 Å². The van der Waals surface area contributed by atoms with Crippen molar-refractivity contribution in [3.63, 3.8) is 0 Å². The maximum absolute atomic E-state index is 12.5. The highest BCUT2D eigenvalue weighted by Crippen LogP contribution is 2.31. The van der Waals surface area contributed by atoms with Crippen molar-refractivity contribution >= 4 is 26.6 Å². The number of fused-ring (bicyclic) bond motifs is 3. The molecule has 1 aliphatic carbocycles. The number of H-pyrrole nitrogens is 1. The van der Waals surface area contributed by atoms with Crippen molar-refractivity contribution in [2.45, 2.75) is 31.1 Å². The van der Waals surface area contributed by atoms with E-state index in [0.717, 1.165) is 46.5 Å². The normalized spacial score (nSPS) is 15.7. The van der Waals surface area contributed by atoms with Crippen molar-refractivity contribution in [1.82, 2.24) is 9.82 Å². The Bertz CT molecular complexity index is 1130. The average molecular weight is 383 g/mol. The average Bonchev–Trinajstić information content (AvgIpc) is 3.05. The smallest absolute Gasteiger partial charge is 0.276 e. The quantitative estimate of drug-likeness (QED) is 0.676. The second kappa shape index (κ2) is 6.74. The first kappa shape index (κ1) is 17.6. The van der Waals surface area contributed by atoms with Gasteiger partial charge >= 0.3 is 0 Å². The number of nitrogens with zero attached hydrogens (tertiary/aromatic N) is 1. The first-order chi connectivity index (χ1) is 13.0. The summed E-state index contributed by atoms with van der Waals surface area (Å²) < 4.78 is 30.3. The lowest BCUT2D eigenvalue weighted by atomic mass is 9.94. The zero-order valence-corrected chi connectivity index (χ0v) is 16.1. The Morgan fingerprint density at radius 1 is 1.11 bits per heavy atom. The van der Waals surface area contributed by atoms with Gasteiger partial charge in [0.15, 0.2) is 0 Å². The van der Waals surface area contributed by atoms with E-state index in [1.54, 1.807) is 31.4 Å². The van der Waals surface area contributed by atoms with Gasteiger partial charge in [-0.1, -0.05) is 17.7 Å². The fourth-order valence-corrected chi connectivity index (χ4v) is 4.25. The van der Waals surface area contributed by atoms with Crippen molar-refractivity contribution < 1.29 is 13.2 Å². The number of methoxy groups -OCH3 is 1. The molecule has 27 heavy (non-hydrogen) atoms. The Kier molecular flexibility index (Phi) is 4.39. The van der Waals surface area contributed by atoms with E-state index in [1.165, 1.54) is 5.56 Å². The first-order valence-corrected chi connectivity index (χ1v) is 10.3. The molecule has 0 saturated heterocycles. The first-order valence-electron chi connectivity index (χ1n) is 8.82. The molecule has 6 nitrogen and oxygen atoms in total. The Morgan fingerprint density at radius 3 is 2.63 bits per heavy atom. The summed E-state index contributed by atoms with van der Waals surface area (Å²) in [4.78, 5) is 5.97. The largest absolute Gasteiger partial charge is 0.497 e. The summed E-state index contributed by atoms with van der Waals surface area (Å²) >= 11 is 0. The maximum atomic E-state index is 12.5. The van der Waals surface area contributed by atoms with Crippen LogP contribution in [0.1, 0.15) is 29.7 Å². The second-order valence-electron chi connectivity index (χ2n) is 6.71. The van der Waals surface area contributed by atoms with E-state index in [4.69, 9.17) is 4.74 Å². The Balaban J connectivity index is 1.68. The number of aromatic amines is 1. The predicted molar refractivity (Wildman–Crippen MR) is 106 cm³/mol. The zero-order valence-electron chi connectivity index (χ0n) is 15.2. The molecule has 0 aliphatic heterocycles. The van der Waals surface area contributed by atoms with Crippen LogP contribution in [0, 0.1) is 6.92 Å². The monoisotopic (exact) mass is 383 g/mol. The molecule has 2 aromatic carbocycles. The fourth-order valence-electron chi connectivity index (χ4n) is 3.42. The number of hydrazone groups is 1. The predicted octanol–water partition coefficient (Wildman–Crippen LogP) is 3.50. The lowest BCUT2D eigenvalue weighted by Gasteiger charge is -2.14. The van der Waals surface area contributed by atoms with Crippen LogP contribution in [0.25, 0.3) is 10.9 Å². The zero-order chi connectivity index (χ0) is 19.0. The van der Waals surface area contributed by atoms with Crippen LogP contribution >= 0.6 is 0 Å². The summed E-state index contributed by atoms with van der Waals surface area (Å²) in [5.74, 6) is 0.777. The number of aryl methyl sites for hydroxylation is 2. The minimum atomic E-state index is -3.69. The van der Waals surface area contributed by atoms with Gasteiger partial charge in [0.2, 0.25) is 0 Å². The highest BCUT2D eigenvalue weighted by atomic mass is 32.2. The molecule has 1 aliphatic rings.